The second-order valence-corrected chi connectivity index (χ2v) is 12.2. The van der Waals surface area contributed by atoms with Crippen molar-refractivity contribution in [3.05, 3.63) is 42.7 Å². The molecule has 1 aromatic carbocycles. The second-order valence-electron chi connectivity index (χ2n) is 10.5. The van der Waals surface area contributed by atoms with Crippen LogP contribution in [0.5, 0.6) is 5.75 Å². The molecule has 4 N–H and O–H groups in total. The molecule has 1 saturated carbocycles. The number of fused-ring (bicyclic) bond motifs is 1. The molecule has 2 aromatic heterocycles. The summed E-state index contributed by atoms with van der Waals surface area (Å²) < 4.78 is 53.3. The number of nitrogens with one attached hydrogen (secondary N) is 1. The van der Waals surface area contributed by atoms with Crippen LogP contribution in [0.25, 0.3) is 11.2 Å². The fourth-order valence-corrected chi connectivity index (χ4v) is 6.84. The standard InChI is InChI=1S/C26H34FN6O7P/c1-16(24(35)37-17-9-5-3-6-10-17)32-41(36,39-18-11-7-4-8-12-18)40-19-13-20(38-26(19,2)14-34)33-15-29-21-22(28)30-25(27)31-23(21)33/h4,7-8,11-12,15-17,19-20,34H,3,5-6,9-10,13-14H2,1-2H3,(H,32,36)(H2,28,30,31)/t16-,19-,20+,26?,41?/m0/s1. The highest BCUT2D eigenvalue weighted by Gasteiger charge is 2.51. The lowest BCUT2D eigenvalue weighted by atomic mass is 9.98. The van der Waals surface area contributed by atoms with Crippen molar-refractivity contribution < 1.29 is 37.4 Å². The van der Waals surface area contributed by atoms with Gasteiger partial charge in [0, 0.05) is 6.42 Å². The van der Waals surface area contributed by atoms with Gasteiger partial charge >= 0.3 is 19.8 Å². The van der Waals surface area contributed by atoms with Crippen molar-refractivity contribution in [3.63, 3.8) is 0 Å². The van der Waals surface area contributed by atoms with Gasteiger partial charge in [0.2, 0.25) is 0 Å². The van der Waals surface area contributed by atoms with E-state index in [1.807, 2.05) is 0 Å². The van der Waals surface area contributed by atoms with Gasteiger partial charge in [-0.05, 0) is 51.7 Å². The Balaban J connectivity index is 1.38. The second kappa shape index (κ2) is 12.0. The van der Waals surface area contributed by atoms with Crippen LogP contribution in [0.4, 0.5) is 10.2 Å². The average Bonchev–Trinajstić information content (AvgIpc) is 3.51. The van der Waals surface area contributed by atoms with E-state index in [9.17, 15) is 18.9 Å². The molecule has 0 amide bonds. The number of benzene rings is 1. The molecule has 5 atom stereocenters. The fourth-order valence-electron chi connectivity index (χ4n) is 5.06. The molecule has 1 aliphatic heterocycles. The predicted molar refractivity (Wildman–Crippen MR) is 145 cm³/mol. The van der Waals surface area contributed by atoms with E-state index in [4.69, 9.17) is 24.3 Å². The van der Waals surface area contributed by atoms with Gasteiger partial charge in [-0.3, -0.25) is 13.9 Å². The van der Waals surface area contributed by atoms with Gasteiger partial charge in [0.15, 0.2) is 17.0 Å². The molecule has 0 spiro atoms. The van der Waals surface area contributed by atoms with Crippen LogP contribution in [0.15, 0.2) is 36.7 Å². The first kappa shape index (κ1) is 29.3. The number of carbonyl (C=O) groups is 1. The zero-order valence-corrected chi connectivity index (χ0v) is 23.7. The molecule has 5 rings (SSSR count). The average molecular weight is 593 g/mol. The number of carbonyl (C=O) groups excluding carboxylic acids is 1. The molecule has 1 aliphatic carbocycles. The smallest absolute Gasteiger partial charge is 0.459 e. The molecule has 3 heterocycles. The lowest BCUT2D eigenvalue weighted by Gasteiger charge is -2.32. The first-order valence-electron chi connectivity index (χ1n) is 13.5. The number of imidazole rings is 1. The number of ether oxygens (including phenoxy) is 2. The first-order valence-corrected chi connectivity index (χ1v) is 15.1. The van der Waals surface area contributed by atoms with E-state index >= 15 is 0 Å². The van der Waals surface area contributed by atoms with Gasteiger partial charge in [-0.1, -0.05) is 24.6 Å². The summed E-state index contributed by atoms with van der Waals surface area (Å²) in [7, 11) is -4.29. The molecular weight excluding hydrogens is 558 g/mol. The van der Waals surface area contributed by atoms with Crippen LogP contribution in [0.1, 0.15) is 58.6 Å². The number of aliphatic hydroxyl groups is 1. The van der Waals surface area contributed by atoms with Gasteiger partial charge in [-0.25, -0.2) is 9.55 Å². The predicted octanol–water partition coefficient (Wildman–Crippen LogP) is 3.64. The summed E-state index contributed by atoms with van der Waals surface area (Å²) in [4.78, 5) is 24.3. The SMILES string of the molecule is C[C@H](NP(=O)(Oc1ccccc1)O[C@H]1C[C@H](n2cnc3c(N)nc(F)nc32)OC1(C)CO)C(=O)OC1CCCCC1. The summed E-state index contributed by atoms with van der Waals surface area (Å²) in [5.41, 5.74) is 4.68. The molecular formula is C26H34FN6O7P. The van der Waals surface area contributed by atoms with Crippen molar-refractivity contribution in [1.82, 2.24) is 24.6 Å². The summed E-state index contributed by atoms with van der Waals surface area (Å²) in [5, 5.41) is 13.0. The van der Waals surface area contributed by atoms with E-state index in [-0.39, 0.29) is 35.3 Å². The van der Waals surface area contributed by atoms with Gasteiger partial charge in [0.1, 0.15) is 35.8 Å². The Bertz CT molecular complexity index is 1420. The highest BCUT2D eigenvalue weighted by atomic mass is 31.2. The third-order valence-corrected chi connectivity index (χ3v) is 9.01. The topological polar surface area (TPSA) is 173 Å². The third-order valence-electron chi connectivity index (χ3n) is 7.32. The maximum absolute atomic E-state index is 14.2. The van der Waals surface area contributed by atoms with Crippen LogP contribution < -0.4 is 15.3 Å². The van der Waals surface area contributed by atoms with Crippen molar-refractivity contribution in [2.75, 3.05) is 12.3 Å². The summed E-state index contributed by atoms with van der Waals surface area (Å²) in [6.07, 6.45) is 2.96. The number of nitrogen functional groups attached to an aromatic ring is 1. The Morgan fingerprint density at radius 2 is 2.02 bits per heavy atom. The fraction of sp³-hybridized carbons (Fsp3) is 0.538. The Kier molecular flexibility index (Phi) is 8.57. The molecule has 15 heteroatoms. The van der Waals surface area contributed by atoms with Crippen LogP contribution in [0.3, 0.4) is 0 Å². The number of esters is 1. The third kappa shape index (κ3) is 6.52. The van der Waals surface area contributed by atoms with Crippen LogP contribution in [-0.2, 0) is 23.4 Å². The molecule has 222 valence electrons. The highest BCUT2D eigenvalue weighted by molar-refractivity contribution is 7.52. The van der Waals surface area contributed by atoms with E-state index in [1.165, 1.54) is 17.8 Å². The molecule has 13 nitrogen and oxygen atoms in total. The number of aliphatic hydroxyl groups excluding tert-OH is 1. The van der Waals surface area contributed by atoms with Crippen LogP contribution in [-0.4, -0.2) is 61.1 Å². The zero-order valence-electron chi connectivity index (χ0n) is 22.8. The molecule has 2 unspecified atom stereocenters. The summed E-state index contributed by atoms with van der Waals surface area (Å²) in [6.45, 7) is 2.58. The van der Waals surface area contributed by atoms with Crippen LogP contribution >= 0.6 is 7.75 Å². The molecule has 2 fully saturated rings. The Labute approximate surface area is 236 Å². The lowest BCUT2D eigenvalue weighted by molar-refractivity contribution is -0.152. The van der Waals surface area contributed by atoms with Gasteiger partial charge < -0.3 is 24.8 Å². The normalized spacial score (nSPS) is 25.6. The number of anilines is 1. The largest absolute Gasteiger partial charge is 0.461 e. The van der Waals surface area contributed by atoms with Crippen LogP contribution in [0, 0.1) is 6.08 Å². The molecule has 3 aromatic rings. The van der Waals surface area contributed by atoms with Crippen LogP contribution in [0.2, 0.25) is 0 Å². The Hall–Kier alpha value is -3.16. The molecule has 41 heavy (non-hydrogen) atoms. The van der Waals surface area contributed by atoms with Gasteiger partial charge in [0.05, 0.1) is 12.9 Å². The molecule has 0 bridgehead atoms. The van der Waals surface area contributed by atoms with Crippen molar-refractivity contribution >= 4 is 30.7 Å². The summed E-state index contributed by atoms with van der Waals surface area (Å²) in [5.74, 6) is -0.478. The number of nitrogens with zero attached hydrogens (tertiary/aromatic N) is 4. The van der Waals surface area contributed by atoms with Gasteiger partial charge in [-0.15, -0.1) is 0 Å². The molecule has 1 saturated heterocycles. The minimum Gasteiger partial charge on any atom is -0.461 e. The first-order chi connectivity index (χ1) is 19.6. The van der Waals surface area contributed by atoms with Crippen molar-refractivity contribution in [2.45, 2.75) is 82.5 Å². The highest BCUT2D eigenvalue weighted by Crippen LogP contribution is 2.51. The zero-order chi connectivity index (χ0) is 29.2. The minimum atomic E-state index is -4.29. The molecule has 0 radical (unpaired) electrons. The maximum Gasteiger partial charge on any atom is 0.459 e. The molecule has 2 aliphatic rings. The van der Waals surface area contributed by atoms with E-state index in [0.717, 1.165) is 32.1 Å². The van der Waals surface area contributed by atoms with Crippen molar-refractivity contribution in [1.29, 1.82) is 0 Å². The number of hydrogen-bond donors (Lipinski definition) is 3. The van der Waals surface area contributed by atoms with E-state index in [0.29, 0.717) is 0 Å². The number of aromatic nitrogens is 4. The monoisotopic (exact) mass is 592 g/mol. The number of halogens is 1. The minimum absolute atomic E-state index is 0.0404. The van der Waals surface area contributed by atoms with Crippen molar-refractivity contribution in [2.24, 2.45) is 0 Å². The quantitative estimate of drug-likeness (QED) is 0.177. The number of hydrogen-bond acceptors (Lipinski definition) is 11. The number of para-hydroxylation sites is 1. The van der Waals surface area contributed by atoms with Crippen molar-refractivity contribution in [3.8, 4) is 5.75 Å². The summed E-state index contributed by atoms with van der Waals surface area (Å²) >= 11 is 0. The Morgan fingerprint density at radius 1 is 1.29 bits per heavy atom. The van der Waals surface area contributed by atoms with E-state index in [2.05, 4.69) is 20.0 Å². The van der Waals surface area contributed by atoms with Gasteiger partial charge in [-0.2, -0.15) is 19.4 Å². The summed E-state index contributed by atoms with van der Waals surface area (Å²) in [6, 6.07) is 7.32. The van der Waals surface area contributed by atoms with E-state index in [1.54, 1.807) is 37.3 Å². The lowest BCUT2D eigenvalue weighted by Crippen LogP contribution is -2.43. The van der Waals surface area contributed by atoms with Gasteiger partial charge in [0.25, 0.3) is 0 Å². The van der Waals surface area contributed by atoms with E-state index < -0.39 is 50.4 Å². The Morgan fingerprint density at radius 3 is 2.73 bits per heavy atom. The maximum atomic E-state index is 14.2. The number of nitrogens with two attached hydrogens (primary N) is 1. The number of rotatable bonds is 10.